The van der Waals surface area contributed by atoms with Crippen molar-refractivity contribution in [2.24, 2.45) is 0 Å². The highest BCUT2D eigenvalue weighted by atomic mass is 19.1. The van der Waals surface area contributed by atoms with Crippen LogP contribution in [-0.4, -0.2) is 28.9 Å². The quantitative estimate of drug-likeness (QED) is 0.734. The van der Waals surface area contributed by atoms with Gasteiger partial charge in [-0.05, 0) is 51.1 Å². The predicted molar refractivity (Wildman–Crippen MR) is 109 cm³/mol. The van der Waals surface area contributed by atoms with Gasteiger partial charge in [0.15, 0.2) is 6.61 Å². The zero-order valence-corrected chi connectivity index (χ0v) is 16.3. The van der Waals surface area contributed by atoms with Gasteiger partial charge in [-0.3, -0.25) is 19.5 Å². The van der Waals surface area contributed by atoms with E-state index in [1.165, 1.54) is 23.1 Å². The van der Waals surface area contributed by atoms with Crippen LogP contribution >= 0.6 is 0 Å². The maximum absolute atomic E-state index is 13.6. The second-order valence-electron chi connectivity index (χ2n) is 7.50. The van der Waals surface area contributed by atoms with Crippen molar-refractivity contribution in [3.8, 4) is 5.75 Å². The molecule has 1 N–H and O–H groups in total. The summed E-state index contributed by atoms with van der Waals surface area (Å²) in [5.74, 6) is -0.733. The van der Waals surface area contributed by atoms with Gasteiger partial charge in [-0.2, -0.15) is 0 Å². The summed E-state index contributed by atoms with van der Waals surface area (Å²) in [6.07, 6.45) is 1.75. The second-order valence-corrected chi connectivity index (χ2v) is 7.50. The topological polar surface area (TPSA) is 71.5 Å². The molecule has 148 valence electrons. The SMILES string of the molecule is Cc1cc2c(OCC(=O)N3c4ccc(F)cc4NC(=O)C3(C)C)cccc2cn1. The summed E-state index contributed by atoms with van der Waals surface area (Å²) in [6.45, 7) is 4.89. The summed E-state index contributed by atoms with van der Waals surface area (Å²) in [7, 11) is 0. The number of halogens is 1. The number of carbonyl (C=O) groups is 2. The number of aromatic nitrogens is 1. The van der Waals surface area contributed by atoms with Crippen molar-refractivity contribution in [1.82, 2.24) is 4.98 Å². The number of nitrogens with zero attached hydrogens (tertiary/aromatic N) is 2. The van der Waals surface area contributed by atoms with Gasteiger partial charge in [-0.25, -0.2) is 4.39 Å². The fraction of sp³-hybridized carbons (Fsp3) is 0.227. The molecule has 2 heterocycles. The van der Waals surface area contributed by atoms with E-state index in [0.29, 0.717) is 11.4 Å². The van der Waals surface area contributed by atoms with E-state index < -0.39 is 23.2 Å². The first-order valence-electron chi connectivity index (χ1n) is 9.19. The molecule has 0 saturated heterocycles. The molecule has 4 rings (SSSR count). The highest BCUT2D eigenvalue weighted by molar-refractivity contribution is 6.14. The Morgan fingerprint density at radius 1 is 1.24 bits per heavy atom. The fourth-order valence-electron chi connectivity index (χ4n) is 3.50. The average molecular weight is 393 g/mol. The summed E-state index contributed by atoms with van der Waals surface area (Å²) in [5.41, 5.74) is 0.381. The maximum Gasteiger partial charge on any atom is 0.265 e. The van der Waals surface area contributed by atoms with Gasteiger partial charge in [0.25, 0.3) is 5.91 Å². The van der Waals surface area contributed by atoms with Crippen molar-refractivity contribution in [2.45, 2.75) is 26.3 Å². The summed E-state index contributed by atoms with van der Waals surface area (Å²) >= 11 is 0. The van der Waals surface area contributed by atoms with E-state index in [0.717, 1.165) is 16.5 Å². The van der Waals surface area contributed by atoms with Gasteiger partial charge >= 0.3 is 0 Å². The molecular formula is C22H20FN3O3. The van der Waals surface area contributed by atoms with Crippen molar-refractivity contribution >= 4 is 34.0 Å². The normalized spacial score (nSPS) is 15.0. The van der Waals surface area contributed by atoms with Crippen LogP contribution in [0.2, 0.25) is 0 Å². The zero-order chi connectivity index (χ0) is 20.8. The first-order chi connectivity index (χ1) is 13.8. The van der Waals surface area contributed by atoms with Crippen molar-refractivity contribution < 1.29 is 18.7 Å². The number of amides is 2. The minimum Gasteiger partial charge on any atom is -0.483 e. The molecule has 29 heavy (non-hydrogen) atoms. The highest BCUT2D eigenvalue weighted by Crippen LogP contribution is 2.37. The fourth-order valence-corrected chi connectivity index (χ4v) is 3.50. The monoisotopic (exact) mass is 393 g/mol. The highest BCUT2D eigenvalue weighted by Gasteiger charge is 2.43. The zero-order valence-electron chi connectivity index (χ0n) is 16.3. The molecule has 0 radical (unpaired) electrons. The molecule has 0 bridgehead atoms. The smallest absolute Gasteiger partial charge is 0.265 e. The molecule has 2 aromatic carbocycles. The van der Waals surface area contributed by atoms with Crippen LogP contribution in [-0.2, 0) is 9.59 Å². The van der Waals surface area contributed by atoms with Gasteiger partial charge in [0, 0.05) is 22.7 Å². The number of carbonyl (C=O) groups excluding carboxylic acids is 2. The molecule has 7 heteroatoms. The van der Waals surface area contributed by atoms with E-state index in [-0.39, 0.29) is 12.3 Å². The van der Waals surface area contributed by atoms with E-state index in [9.17, 15) is 14.0 Å². The Labute approximate surface area is 167 Å². The number of rotatable bonds is 3. The third kappa shape index (κ3) is 3.29. The van der Waals surface area contributed by atoms with Gasteiger partial charge in [0.05, 0.1) is 11.4 Å². The minimum absolute atomic E-state index is 0.259. The number of pyridine rings is 1. The number of hydrogen-bond acceptors (Lipinski definition) is 4. The van der Waals surface area contributed by atoms with Gasteiger partial charge in [-0.15, -0.1) is 0 Å². The minimum atomic E-state index is -1.15. The molecule has 0 aliphatic carbocycles. The molecule has 0 unspecified atom stereocenters. The molecule has 0 saturated carbocycles. The van der Waals surface area contributed by atoms with Crippen LogP contribution in [0.25, 0.3) is 10.8 Å². The maximum atomic E-state index is 13.6. The van der Waals surface area contributed by atoms with Crippen LogP contribution in [0.1, 0.15) is 19.5 Å². The van der Waals surface area contributed by atoms with E-state index in [4.69, 9.17) is 4.74 Å². The van der Waals surface area contributed by atoms with Crippen LogP contribution in [0, 0.1) is 12.7 Å². The Bertz CT molecular complexity index is 1140. The van der Waals surface area contributed by atoms with Crippen molar-refractivity contribution in [1.29, 1.82) is 0 Å². The van der Waals surface area contributed by atoms with Crippen molar-refractivity contribution in [3.05, 3.63) is 60.2 Å². The van der Waals surface area contributed by atoms with Crippen LogP contribution in [0.3, 0.4) is 0 Å². The number of benzene rings is 2. The van der Waals surface area contributed by atoms with Crippen LogP contribution < -0.4 is 15.0 Å². The lowest BCUT2D eigenvalue weighted by Crippen LogP contribution is -2.59. The van der Waals surface area contributed by atoms with Gasteiger partial charge in [-0.1, -0.05) is 12.1 Å². The van der Waals surface area contributed by atoms with Crippen LogP contribution in [0.4, 0.5) is 15.8 Å². The lowest BCUT2D eigenvalue weighted by Gasteiger charge is -2.41. The standard InChI is InChI=1S/C22H20FN3O3/c1-13-9-16-14(11-24-13)5-4-6-19(16)29-12-20(27)26-18-8-7-15(23)10-17(18)25-21(28)22(26,2)3/h4-11H,12H2,1-3H3,(H,25,28). The molecular weight excluding hydrogens is 373 g/mol. The van der Waals surface area contributed by atoms with Crippen molar-refractivity contribution in [2.75, 3.05) is 16.8 Å². The van der Waals surface area contributed by atoms with E-state index in [1.54, 1.807) is 26.1 Å². The Morgan fingerprint density at radius 3 is 2.83 bits per heavy atom. The molecule has 0 spiro atoms. The summed E-state index contributed by atoms with van der Waals surface area (Å²) in [4.78, 5) is 31.2. The van der Waals surface area contributed by atoms with Gasteiger partial charge in [0.1, 0.15) is 17.1 Å². The third-order valence-corrected chi connectivity index (χ3v) is 5.02. The molecule has 3 aromatic rings. The van der Waals surface area contributed by atoms with Crippen LogP contribution in [0.5, 0.6) is 5.75 Å². The summed E-state index contributed by atoms with van der Waals surface area (Å²) in [6, 6.07) is 11.4. The third-order valence-electron chi connectivity index (χ3n) is 5.02. The molecule has 1 aliphatic rings. The predicted octanol–water partition coefficient (Wildman–Crippen LogP) is 3.83. The van der Waals surface area contributed by atoms with Crippen LogP contribution in [0.15, 0.2) is 48.7 Å². The number of ether oxygens (including phenoxy) is 1. The summed E-state index contributed by atoms with van der Waals surface area (Å²) < 4.78 is 19.4. The molecule has 6 nitrogen and oxygen atoms in total. The Kier molecular flexibility index (Phi) is 4.45. The Morgan fingerprint density at radius 2 is 2.03 bits per heavy atom. The number of hydrogen-bond donors (Lipinski definition) is 1. The second kappa shape index (κ2) is 6.84. The van der Waals surface area contributed by atoms with Crippen molar-refractivity contribution in [3.63, 3.8) is 0 Å². The number of fused-ring (bicyclic) bond motifs is 2. The number of anilines is 2. The van der Waals surface area contributed by atoms with Gasteiger partial charge < -0.3 is 10.1 Å². The van der Waals surface area contributed by atoms with E-state index >= 15 is 0 Å². The average Bonchev–Trinajstić information content (AvgIpc) is 2.67. The number of nitrogens with one attached hydrogen (secondary N) is 1. The first-order valence-corrected chi connectivity index (χ1v) is 9.19. The van der Waals surface area contributed by atoms with E-state index in [1.807, 2.05) is 25.1 Å². The number of aryl methyl sites for hydroxylation is 1. The van der Waals surface area contributed by atoms with Gasteiger partial charge in [0.2, 0.25) is 5.91 Å². The molecule has 1 aliphatic heterocycles. The molecule has 0 fully saturated rings. The molecule has 2 amide bonds. The first kappa shape index (κ1) is 18.9. The molecule has 0 atom stereocenters. The molecule has 1 aromatic heterocycles. The lowest BCUT2D eigenvalue weighted by molar-refractivity contribution is -0.127. The summed E-state index contributed by atoms with van der Waals surface area (Å²) in [5, 5.41) is 4.41. The lowest BCUT2D eigenvalue weighted by atomic mass is 9.96. The van der Waals surface area contributed by atoms with E-state index in [2.05, 4.69) is 10.3 Å². The Hall–Kier alpha value is -3.48. The Balaban J connectivity index is 1.65. The largest absolute Gasteiger partial charge is 0.483 e.